The van der Waals surface area contributed by atoms with Gasteiger partial charge in [-0.3, -0.25) is 4.79 Å². The van der Waals surface area contributed by atoms with E-state index in [-0.39, 0.29) is 5.78 Å². The van der Waals surface area contributed by atoms with Crippen molar-refractivity contribution in [2.75, 3.05) is 40.9 Å². The number of nitrogens with two attached hydrogens (primary N) is 1. The SMILES string of the molecule is COc1cc(/C=C\c2cc(OC)c(OC)c(OC)c2)cc(N/C=C\C(=O)C2=CCCC=C2N)c1OC. The van der Waals surface area contributed by atoms with E-state index < -0.39 is 0 Å². The zero-order valence-corrected chi connectivity index (χ0v) is 21.2. The summed E-state index contributed by atoms with van der Waals surface area (Å²) >= 11 is 0. The van der Waals surface area contributed by atoms with Gasteiger partial charge in [0.2, 0.25) is 5.75 Å². The Morgan fingerprint density at radius 2 is 1.31 bits per heavy atom. The zero-order chi connectivity index (χ0) is 26.1. The third kappa shape index (κ3) is 6.02. The van der Waals surface area contributed by atoms with Crippen molar-refractivity contribution in [3.8, 4) is 28.7 Å². The fourth-order valence-electron chi connectivity index (χ4n) is 3.81. The molecule has 0 heterocycles. The van der Waals surface area contributed by atoms with Crippen LogP contribution in [0.1, 0.15) is 24.0 Å². The number of hydrogen-bond donors (Lipinski definition) is 2. The highest BCUT2D eigenvalue weighted by atomic mass is 16.5. The molecule has 3 rings (SSSR count). The lowest BCUT2D eigenvalue weighted by Crippen LogP contribution is -2.11. The molecule has 8 nitrogen and oxygen atoms in total. The van der Waals surface area contributed by atoms with E-state index in [1.807, 2.05) is 48.6 Å². The Morgan fingerprint density at radius 3 is 1.83 bits per heavy atom. The summed E-state index contributed by atoms with van der Waals surface area (Å²) in [4.78, 5) is 12.5. The van der Waals surface area contributed by atoms with Gasteiger partial charge in [0.25, 0.3) is 0 Å². The summed E-state index contributed by atoms with van der Waals surface area (Å²) in [6, 6.07) is 7.45. The van der Waals surface area contributed by atoms with E-state index in [1.54, 1.807) is 41.7 Å². The summed E-state index contributed by atoms with van der Waals surface area (Å²) in [5.41, 5.74) is 9.30. The molecular weight excluding hydrogens is 460 g/mol. The Morgan fingerprint density at radius 1 is 0.778 bits per heavy atom. The van der Waals surface area contributed by atoms with Gasteiger partial charge in [-0.1, -0.05) is 24.3 Å². The van der Waals surface area contributed by atoms with Gasteiger partial charge >= 0.3 is 0 Å². The first-order valence-corrected chi connectivity index (χ1v) is 11.3. The molecule has 190 valence electrons. The van der Waals surface area contributed by atoms with Crippen LogP contribution < -0.4 is 34.7 Å². The van der Waals surface area contributed by atoms with Gasteiger partial charge in [-0.15, -0.1) is 0 Å². The highest BCUT2D eigenvalue weighted by Gasteiger charge is 2.14. The second-order valence-electron chi connectivity index (χ2n) is 7.79. The van der Waals surface area contributed by atoms with Crippen LogP contribution in [0.25, 0.3) is 12.2 Å². The molecule has 0 bridgehead atoms. The smallest absolute Gasteiger partial charge is 0.203 e. The lowest BCUT2D eigenvalue weighted by Gasteiger charge is -2.14. The molecule has 0 atom stereocenters. The van der Waals surface area contributed by atoms with Crippen LogP contribution >= 0.6 is 0 Å². The minimum atomic E-state index is -0.166. The number of carbonyl (C=O) groups excluding carboxylic acids is 1. The predicted molar refractivity (Wildman–Crippen MR) is 142 cm³/mol. The van der Waals surface area contributed by atoms with Crippen LogP contribution in [0.5, 0.6) is 28.7 Å². The lowest BCUT2D eigenvalue weighted by molar-refractivity contribution is -0.111. The summed E-state index contributed by atoms with van der Waals surface area (Å²) in [5.74, 6) is 2.52. The maximum atomic E-state index is 12.5. The predicted octanol–water partition coefficient (Wildman–Crippen LogP) is 4.96. The van der Waals surface area contributed by atoms with Crippen molar-refractivity contribution in [1.82, 2.24) is 0 Å². The van der Waals surface area contributed by atoms with Gasteiger partial charge < -0.3 is 34.7 Å². The molecule has 8 heteroatoms. The Labute approximate surface area is 211 Å². The minimum absolute atomic E-state index is 0.166. The van der Waals surface area contributed by atoms with Crippen molar-refractivity contribution in [3.05, 3.63) is 71.1 Å². The molecule has 0 fully saturated rings. The Kier molecular flexibility index (Phi) is 9.05. The molecular formula is C28H32N2O6. The van der Waals surface area contributed by atoms with Gasteiger partial charge in [-0.2, -0.15) is 0 Å². The average molecular weight is 493 g/mol. The van der Waals surface area contributed by atoms with Crippen LogP contribution in [0.3, 0.4) is 0 Å². The standard InChI is InChI=1S/C28H32N2O6/c1-32-24-15-18(10-11-19-16-25(33-2)28(36-5)26(17-19)34-3)14-22(27(24)35-4)30-13-12-23(31)20-8-6-7-9-21(20)29/h8-17,30H,6-7,29H2,1-5H3/b11-10-,13-12-. The fourth-order valence-corrected chi connectivity index (χ4v) is 3.81. The van der Waals surface area contributed by atoms with Crippen LogP contribution in [-0.4, -0.2) is 41.3 Å². The van der Waals surface area contributed by atoms with E-state index in [1.165, 1.54) is 6.08 Å². The molecule has 0 aromatic heterocycles. The number of nitrogens with one attached hydrogen (secondary N) is 1. The third-order valence-electron chi connectivity index (χ3n) is 5.59. The van der Waals surface area contributed by atoms with Crippen LogP contribution in [-0.2, 0) is 4.79 Å². The maximum Gasteiger partial charge on any atom is 0.203 e. The average Bonchev–Trinajstić information content (AvgIpc) is 2.90. The first-order chi connectivity index (χ1) is 17.4. The van der Waals surface area contributed by atoms with Crippen LogP contribution in [0.4, 0.5) is 5.69 Å². The molecule has 1 aliphatic rings. The quantitative estimate of drug-likeness (QED) is 0.335. The second-order valence-corrected chi connectivity index (χ2v) is 7.79. The highest BCUT2D eigenvalue weighted by Crippen LogP contribution is 2.40. The lowest BCUT2D eigenvalue weighted by atomic mass is 10.0. The molecule has 0 radical (unpaired) electrons. The first kappa shape index (κ1) is 26.3. The Balaban J connectivity index is 1.88. The maximum absolute atomic E-state index is 12.5. The van der Waals surface area contributed by atoms with Crippen molar-refractivity contribution < 1.29 is 28.5 Å². The number of carbonyl (C=O) groups is 1. The third-order valence-corrected chi connectivity index (χ3v) is 5.59. The van der Waals surface area contributed by atoms with E-state index >= 15 is 0 Å². The number of rotatable bonds is 11. The minimum Gasteiger partial charge on any atom is -0.493 e. The molecule has 36 heavy (non-hydrogen) atoms. The molecule has 3 N–H and O–H groups in total. The van der Waals surface area contributed by atoms with Crippen LogP contribution in [0, 0.1) is 0 Å². The molecule has 2 aromatic rings. The van der Waals surface area contributed by atoms with Gasteiger partial charge in [-0.25, -0.2) is 0 Å². The van der Waals surface area contributed by atoms with Crippen molar-refractivity contribution in [2.45, 2.75) is 12.8 Å². The van der Waals surface area contributed by atoms with Gasteiger partial charge in [-0.05, 0) is 48.2 Å². The Bertz CT molecular complexity index is 1200. The topological polar surface area (TPSA) is 101 Å². The van der Waals surface area contributed by atoms with Crippen molar-refractivity contribution in [2.24, 2.45) is 5.73 Å². The molecule has 0 unspecified atom stereocenters. The van der Waals surface area contributed by atoms with Crippen LogP contribution in [0.2, 0.25) is 0 Å². The molecule has 2 aromatic carbocycles. The highest BCUT2D eigenvalue weighted by molar-refractivity contribution is 6.07. The van der Waals surface area contributed by atoms with Crippen molar-refractivity contribution in [1.29, 1.82) is 0 Å². The first-order valence-electron chi connectivity index (χ1n) is 11.3. The number of ketones is 1. The second kappa shape index (κ2) is 12.4. The van der Waals surface area contributed by atoms with E-state index in [0.717, 1.165) is 24.0 Å². The zero-order valence-electron chi connectivity index (χ0n) is 21.2. The number of allylic oxidation sites excluding steroid dienone is 4. The van der Waals surface area contributed by atoms with E-state index in [2.05, 4.69) is 5.32 Å². The molecule has 0 saturated carbocycles. The normalized spacial score (nSPS) is 13.2. The van der Waals surface area contributed by atoms with Crippen molar-refractivity contribution in [3.63, 3.8) is 0 Å². The van der Waals surface area contributed by atoms with E-state index in [9.17, 15) is 4.79 Å². The van der Waals surface area contributed by atoms with E-state index in [0.29, 0.717) is 45.7 Å². The number of hydrogen-bond acceptors (Lipinski definition) is 8. The molecule has 1 aliphatic carbocycles. The molecule has 0 amide bonds. The summed E-state index contributed by atoms with van der Waals surface area (Å²) in [6.07, 6.45) is 12.2. The molecule has 0 aliphatic heterocycles. The van der Waals surface area contributed by atoms with Crippen LogP contribution in [0.15, 0.2) is 60.0 Å². The molecule has 0 saturated heterocycles. The largest absolute Gasteiger partial charge is 0.493 e. The Hall–Kier alpha value is -4.33. The molecule has 0 spiro atoms. The van der Waals surface area contributed by atoms with E-state index in [4.69, 9.17) is 29.4 Å². The fraction of sp³-hybridized carbons (Fsp3) is 0.250. The summed E-state index contributed by atoms with van der Waals surface area (Å²) in [5, 5.41) is 3.13. The number of methoxy groups -OCH3 is 5. The number of anilines is 1. The number of ether oxygens (including phenoxy) is 5. The summed E-state index contributed by atoms with van der Waals surface area (Å²) < 4.78 is 27.3. The van der Waals surface area contributed by atoms with Gasteiger partial charge in [0.1, 0.15) is 0 Å². The summed E-state index contributed by atoms with van der Waals surface area (Å²) in [7, 11) is 7.84. The van der Waals surface area contributed by atoms with Gasteiger partial charge in [0, 0.05) is 23.5 Å². The van der Waals surface area contributed by atoms with Gasteiger partial charge in [0.05, 0.1) is 41.2 Å². The number of benzene rings is 2. The van der Waals surface area contributed by atoms with Crippen molar-refractivity contribution >= 4 is 23.6 Å². The monoisotopic (exact) mass is 492 g/mol. The summed E-state index contributed by atoms with van der Waals surface area (Å²) in [6.45, 7) is 0. The van der Waals surface area contributed by atoms with Gasteiger partial charge in [0.15, 0.2) is 28.8 Å².